The molecule has 2 rings (SSSR count). The molecule has 0 atom stereocenters. The predicted octanol–water partition coefficient (Wildman–Crippen LogP) is -0.323. The summed E-state index contributed by atoms with van der Waals surface area (Å²) in [7, 11) is 1.85. The summed E-state index contributed by atoms with van der Waals surface area (Å²) < 4.78 is 0. The first-order valence-corrected chi connectivity index (χ1v) is 6.50. The Morgan fingerprint density at radius 2 is 2.00 bits per heavy atom. The SMILES string of the molecule is CN(CC(=O)NC(=O)NC1CC1)CC1CC(O)C1. The zero-order valence-corrected chi connectivity index (χ0v) is 10.7. The van der Waals surface area contributed by atoms with Crippen molar-refractivity contribution >= 4 is 11.9 Å². The number of hydrogen-bond donors (Lipinski definition) is 3. The molecule has 2 fully saturated rings. The average molecular weight is 255 g/mol. The van der Waals surface area contributed by atoms with Crippen LogP contribution in [-0.4, -0.2) is 54.2 Å². The lowest BCUT2D eigenvalue weighted by atomic mass is 9.82. The molecule has 0 aliphatic heterocycles. The minimum atomic E-state index is -0.394. The Labute approximate surface area is 107 Å². The molecule has 3 N–H and O–H groups in total. The molecule has 0 unspecified atom stereocenters. The predicted molar refractivity (Wildman–Crippen MR) is 65.9 cm³/mol. The van der Waals surface area contributed by atoms with Crippen LogP contribution in [-0.2, 0) is 4.79 Å². The van der Waals surface area contributed by atoms with Gasteiger partial charge in [0, 0.05) is 12.6 Å². The van der Waals surface area contributed by atoms with Gasteiger partial charge in [-0.05, 0) is 38.6 Å². The molecular formula is C12H21N3O3. The third-order valence-electron chi connectivity index (χ3n) is 3.36. The molecule has 0 radical (unpaired) electrons. The van der Waals surface area contributed by atoms with E-state index < -0.39 is 6.03 Å². The third kappa shape index (κ3) is 4.27. The molecule has 102 valence electrons. The molecule has 0 heterocycles. The highest BCUT2D eigenvalue weighted by atomic mass is 16.3. The van der Waals surface area contributed by atoms with E-state index in [9.17, 15) is 14.7 Å². The summed E-state index contributed by atoms with van der Waals surface area (Å²) in [5.74, 6) is 0.189. The number of urea groups is 1. The number of carbonyl (C=O) groups excluding carboxylic acids is 2. The van der Waals surface area contributed by atoms with Gasteiger partial charge in [0.15, 0.2) is 0 Å². The minimum Gasteiger partial charge on any atom is -0.393 e. The topological polar surface area (TPSA) is 81.7 Å². The van der Waals surface area contributed by atoms with Gasteiger partial charge < -0.3 is 10.4 Å². The maximum atomic E-state index is 11.6. The summed E-state index contributed by atoms with van der Waals surface area (Å²) in [5, 5.41) is 14.2. The van der Waals surface area contributed by atoms with Gasteiger partial charge in [-0.15, -0.1) is 0 Å². The van der Waals surface area contributed by atoms with Gasteiger partial charge in [0.25, 0.3) is 0 Å². The second-order valence-electron chi connectivity index (χ2n) is 5.48. The van der Waals surface area contributed by atoms with Crippen LogP contribution in [0.4, 0.5) is 4.79 Å². The van der Waals surface area contributed by atoms with Crippen LogP contribution in [0.3, 0.4) is 0 Å². The first-order valence-electron chi connectivity index (χ1n) is 6.50. The van der Waals surface area contributed by atoms with Crippen LogP contribution in [0.2, 0.25) is 0 Å². The first-order chi connectivity index (χ1) is 8.52. The lowest BCUT2D eigenvalue weighted by Crippen LogP contribution is -2.46. The Balaban J connectivity index is 1.58. The van der Waals surface area contributed by atoms with Crippen LogP contribution in [0.5, 0.6) is 0 Å². The summed E-state index contributed by atoms with van der Waals surface area (Å²) in [6, 6.07) is -0.137. The molecule has 18 heavy (non-hydrogen) atoms. The van der Waals surface area contributed by atoms with E-state index in [0.29, 0.717) is 5.92 Å². The zero-order valence-electron chi connectivity index (χ0n) is 10.7. The molecule has 0 aromatic heterocycles. The van der Waals surface area contributed by atoms with Gasteiger partial charge >= 0.3 is 6.03 Å². The van der Waals surface area contributed by atoms with Crippen LogP contribution < -0.4 is 10.6 Å². The van der Waals surface area contributed by atoms with Crippen LogP contribution in [0.15, 0.2) is 0 Å². The molecule has 2 aliphatic rings. The number of rotatable bonds is 5. The van der Waals surface area contributed by atoms with Gasteiger partial charge in [-0.2, -0.15) is 0 Å². The van der Waals surface area contributed by atoms with Crippen molar-refractivity contribution in [3.05, 3.63) is 0 Å². The number of imide groups is 1. The Morgan fingerprint density at radius 1 is 1.33 bits per heavy atom. The highest BCUT2D eigenvalue weighted by molar-refractivity contribution is 5.95. The Bertz CT molecular complexity index is 325. The van der Waals surface area contributed by atoms with Crippen molar-refractivity contribution < 1.29 is 14.7 Å². The molecule has 0 aromatic rings. The van der Waals surface area contributed by atoms with Crippen molar-refractivity contribution in [3.63, 3.8) is 0 Å². The standard InChI is InChI=1S/C12H21N3O3/c1-15(6-8-4-10(16)5-8)7-11(17)14-12(18)13-9-2-3-9/h8-10,16H,2-7H2,1H3,(H2,13,14,17,18). The molecule has 6 nitrogen and oxygen atoms in total. The second-order valence-corrected chi connectivity index (χ2v) is 5.48. The van der Waals surface area contributed by atoms with E-state index in [1.165, 1.54) is 0 Å². The molecule has 2 saturated carbocycles. The fourth-order valence-electron chi connectivity index (χ4n) is 2.22. The molecule has 0 bridgehead atoms. The fraction of sp³-hybridized carbons (Fsp3) is 0.833. The van der Waals surface area contributed by atoms with Crippen LogP contribution >= 0.6 is 0 Å². The van der Waals surface area contributed by atoms with E-state index in [1.54, 1.807) is 0 Å². The molecular weight excluding hydrogens is 234 g/mol. The normalized spacial score (nSPS) is 26.6. The van der Waals surface area contributed by atoms with Gasteiger partial charge in [-0.1, -0.05) is 0 Å². The van der Waals surface area contributed by atoms with E-state index >= 15 is 0 Å². The second kappa shape index (κ2) is 5.67. The monoisotopic (exact) mass is 255 g/mol. The summed E-state index contributed by atoms with van der Waals surface area (Å²) in [6.07, 6.45) is 3.47. The molecule has 6 heteroatoms. The average Bonchev–Trinajstić information content (AvgIpc) is 2.98. The van der Waals surface area contributed by atoms with E-state index in [2.05, 4.69) is 10.6 Å². The van der Waals surface area contributed by atoms with E-state index in [-0.39, 0.29) is 24.6 Å². The molecule has 0 saturated heterocycles. The van der Waals surface area contributed by atoms with Crippen molar-refractivity contribution in [1.82, 2.24) is 15.5 Å². The number of aliphatic hydroxyl groups excluding tert-OH is 1. The van der Waals surface area contributed by atoms with Crippen LogP contribution in [0.1, 0.15) is 25.7 Å². The maximum absolute atomic E-state index is 11.6. The van der Waals surface area contributed by atoms with Gasteiger partial charge in [-0.3, -0.25) is 15.0 Å². The van der Waals surface area contributed by atoms with E-state index in [0.717, 1.165) is 32.2 Å². The van der Waals surface area contributed by atoms with Crippen molar-refractivity contribution in [1.29, 1.82) is 0 Å². The Hall–Kier alpha value is -1.14. The lowest BCUT2D eigenvalue weighted by molar-refractivity contribution is -0.121. The van der Waals surface area contributed by atoms with Gasteiger partial charge in [0.05, 0.1) is 12.6 Å². The summed E-state index contributed by atoms with van der Waals surface area (Å²) in [4.78, 5) is 24.8. The quantitative estimate of drug-likeness (QED) is 0.629. The number of carbonyl (C=O) groups is 2. The minimum absolute atomic E-state index is 0.165. The largest absolute Gasteiger partial charge is 0.393 e. The van der Waals surface area contributed by atoms with Crippen molar-refractivity contribution in [3.8, 4) is 0 Å². The van der Waals surface area contributed by atoms with Crippen molar-refractivity contribution in [2.75, 3.05) is 20.1 Å². The fourth-order valence-corrected chi connectivity index (χ4v) is 2.22. The lowest BCUT2D eigenvalue weighted by Gasteiger charge is -2.34. The molecule has 0 spiro atoms. The van der Waals surface area contributed by atoms with E-state index in [1.807, 2.05) is 11.9 Å². The summed E-state index contributed by atoms with van der Waals surface area (Å²) in [5.41, 5.74) is 0. The molecule has 3 amide bonds. The number of likely N-dealkylation sites (N-methyl/N-ethyl adjacent to an activating group) is 1. The maximum Gasteiger partial charge on any atom is 0.321 e. The van der Waals surface area contributed by atoms with E-state index in [4.69, 9.17) is 0 Å². The highest BCUT2D eigenvalue weighted by Gasteiger charge is 2.28. The van der Waals surface area contributed by atoms with Crippen molar-refractivity contribution in [2.24, 2.45) is 5.92 Å². The van der Waals surface area contributed by atoms with Gasteiger partial charge in [-0.25, -0.2) is 4.79 Å². The highest BCUT2D eigenvalue weighted by Crippen LogP contribution is 2.27. The number of hydrogen-bond acceptors (Lipinski definition) is 4. The Kier molecular flexibility index (Phi) is 4.19. The van der Waals surface area contributed by atoms with Crippen LogP contribution in [0, 0.1) is 5.92 Å². The molecule has 0 aromatic carbocycles. The molecule has 2 aliphatic carbocycles. The zero-order chi connectivity index (χ0) is 13.1. The van der Waals surface area contributed by atoms with Crippen LogP contribution in [0.25, 0.3) is 0 Å². The summed E-state index contributed by atoms with van der Waals surface area (Å²) >= 11 is 0. The first kappa shape index (κ1) is 13.3. The number of nitrogens with one attached hydrogen (secondary N) is 2. The van der Waals surface area contributed by atoms with Gasteiger partial charge in [0.2, 0.25) is 5.91 Å². The smallest absolute Gasteiger partial charge is 0.321 e. The number of amides is 3. The third-order valence-corrected chi connectivity index (χ3v) is 3.36. The number of nitrogens with zero attached hydrogens (tertiary/aromatic N) is 1. The van der Waals surface area contributed by atoms with Gasteiger partial charge in [0.1, 0.15) is 0 Å². The Morgan fingerprint density at radius 3 is 2.56 bits per heavy atom. The summed E-state index contributed by atoms with van der Waals surface area (Å²) in [6.45, 7) is 0.999. The van der Waals surface area contributed by atoms with Crippen molar-refractivity contribution in [2.45, 2.75) is 37.8 Å². The number of aliphatic hydroxyl groups is 1.